The van der Waals surface area contributed by atoms with E-state index in [-0.39, 0.29) is 10.8 Å². The number of aliphatic hydroxyl groups is 2. The highest BCUT2D eigenvalue weighted by Crippen LogP contribution is 2.43. The lowest BCUT2D eigenvalue weighted by atomic mass is 9.83. The van der Waals surface area contributed by atoms with Crippen LogP contribution in [-0.2, 0) is 0 Å². The van der Waals surface area contributed by atoms with E-state index in [0.717, 1.165) is 70.2 Å². The molecule has 0 bridgehead atoms. The van der Waals surface area contributed by atoms with E-state index in [0.29, 0.717) is 37.5 Å². The summed E-state index contributed by atoms with van der Waals surface area (Å²) in [4.78, 5) is 10.5. The molecule has 0 amide bonds. The number of rotatable bonds is 13. The number of thioether (sulfide) groups is 2. The third kappa shape index (κ3) is 8.36. The zero-order valence-corrected chi connectivity index (χ0v) is 29.1. The molecular weight excluding hydrogens is 613 g/mol. The van der Waals surface area contributed by atoms with E-state index in [1.54, 1.807) is 0 Å². The van der Waals surface area contributed by atoms with Gasteiger partial charge in [-0.15, -0.1) is 23.5 Å². The number of hydrogen-bond donors (Lipinski definition) is 2. The van der Waals surface area contributed by atoms with Crippen LogP contribution in [0.1, 0.15) is 79.1 Å². The van der Waals surface area contributed by atoms with E-state index in [1.165, 1.54) is 9.81 Å². The van der Waals surface area contributed by atoms with Crippen LogP contribution in [0.4, 0.5) is 0 Å². The van der Waals surface area contributed by atoms with Crippen molar-refractivity contribution in [2.75, 3.05) is 24.6 Å². The number of aliphatic hydroxyl groups excluding tert-OH is 2. The Bertz CT molecular complexity index is 1000. The second kappa shape index (κ2) is 13.8. The van der Waals surface area contributed by atoms with Gasteiger partial charge in [0, 0.05) is 24.9 Å². The first kappa shape index (κ1) is 33.0. The molecule has 0 aromatic carbocycles. The summed E-state index contributed by atoms with van der Waals surface area (Å²) in [5, 5.41) is 21.5. The highest BCUT2D eigenvalue weighted by molar-refractivity contribution is 8.03. The average Bonchev–Trinajstić information content (AvgIpc) is 3.55. The Kier molecular flexibility index (Phi) is 11.4. The third-order valence-corrected chi connectivity index (χ3v) is 12.6. The topological polar surface area (TPSA) is 46.9 Å². The first-order chi connectivity index (χ1) is 18.8. The number of thiocarbonyl (C=S) groups is 4. The molecule has 4 heterocycles. The zero-order valence-electron chi connectivity index (χ0n) is 24.2. The van der Waals surface area contributed by atoms with E-state index in [2.05, 4.69) is 49.6 Å². The van der Waals surface area contributed by atoms with Crippen LogP contribution in [0.15, 0.2) is 22.0 Å². The summed E-state index contributed by atoms with van der Waals surface area (Å²) < 4.78 is 0. The minimum absolute atomic E-state index is 0.0302. The van der Waals surface area contributed by atoms with E-state index in [1.807, 2.05) is 23.5 Å². The Morgan fingerprint density at radius 3 is 1.48 bits per heavy atom. The minimum Gasteiger partial charge on any atom is -0.393 e. The van der Waals surface area contributed by atoms with Crippen LogP contribution in [0.25, 0.3) is 0 Å². The van der Waals surface area contributed by atoms with Crippen LogP contribution < -0.4 is 0 Å². The molecule has 0 aromatic rings. The predicted octanol–water partition coefficient (Wildman–Crippen LogP) is 7.32. The van der Waals surface area contributed by atoms with Crippen molar-refractivity contribution in [3.8, 4) is 0 Å². The van der Waals surface area contributed by atoms with Crippen LogP contribution in [0.3, 0.4) is 0 Å². The molecule has 0 spiro atoms. The van der Waals surface area contributed by atoms with Gasteiger partial charge in [0.25, 0.3) is 0 Å². The lowest BCUT2D eigenvalue weighted by Gasteiger charge is -2.38. The standard InChI is InChI=1S/C30H44N2O2S6/c1-29(2,17-31-25(35)15-23-21(27(31)37)9-13-39-23)11-7-19(33)5-6-20(34)8-12-30(3,4)18-32-26(36)16-24-22(28(32)38)10-14-40-24/h15-16,19-22,33-34H,5-14,17-18H2,1-4H3. The normalized spacial score (nSPS) is 25.1. The quantitative estimate of drug-likeness (QED) is 0.197. The van der Waals surface area contributed by atoms with Gasteiger partial charge in [-0.25, -0.2) is 0 Å². The predicted molar refractivity (Wildman–Crippen MR) is 188 cm³/mol. The van der Waals surface area contributed by atoms with Gasteiger partial charge >= 0.3 is 0 Å². The van der Waals surface area contributed by atoms with Crippen molar-refractivity contribution >= 4 is 92.3 Å². The molecule has 2 N–H and O–H groups in total. The minimum atomic E-state index is -0.423. The van der Waals surface area contributed by atoms with Crippen molar-refractivity contribution < 1.29 is 10.2 Å². The molecule has 4 nitrogen and oxygen atoms in total. The Morgan fingerprint density at radius 1 is 0.725 bits per heavy atom. The number of hydrogen-bond acceptors (Lipinski definition) is 8. The molecule has 40 heavy (non-hydrogen) atoms. The van der Waals surface area contributed by atoms with Crippen LogP contribution in [-0.4, -0.2) is 76.8 Å². The second-order valence-corrected chi connectivity index (χ2v) is 17.3. The van der Waals surface area contributed by atoms with E-state index >= 15 is 0 Å². The van der Waals surface area contributed by atoms with Crippen LogP contribution in [0, 0.1) is 22.7 Å². The summed E-state index contributed by atoms with van der Waals surface area (Å²) in [7, 11) is 0. The molecule has 4 atom stereocenters. The molecule has 0 aliphatic carbocycles. The van der Waals surface area contributed by atoms with Gasteiger partial charge in [-0.3, -0.25) is 0 Å². The van der Waals surface area contributed by atoms with Crippen molar-refractivity contribution in [1.82, 2.24) is 9.80 Å². The zero-order chi connectivity index (χ0) is 29.2. The van der Waals surface area contributed by atoms with Crippen molar-refractivity contribution in [2.24, 2.45) is 22.7 Å². The van der Waals surface area contributed by atoms with Crippen LogP contribution in [0.5, 0.6) is 0 Å². The molecular formula is C30H44N2O2S6. The van der Waals surface area contributed by atoms with Gasteiger partial charge < -0.3 is 20.0 Å². The van der Waals surface area contributed by atoms with Crippen molar-refractivity contribution in [2.45, 2.75) is 91.3 Å². The molecule has 0 saturated carbocycles. The van der Waals surface area contributed by atoms with E-state index in [4.69, 9.17) is 48.9 Å². The molecule has 2 fully saturated rings. The smallest absolute Gasteiger partial charge is 0.107 e. The van der Waals surface area contributed by atoms with Crippen LogP contribution >= 0.6 is 72.4 Å². The Balaban J connectivity index is 1.17. The summed E-state index contributed by atoms with van der Waals surface area (Å²) in [5.74, 6) is 2.93. The molecule has 2 saturated heterocycles. The van der Waals surface area contributed by atoms with Crippen molar-refractivity contribution in [1.29, 1.82) is 0 Å². The van der Waals surface area contributed by atoms with E-state index in [9.17, 15) is 10.2 Å². The Hall–Kier alpha value is 0.0600. The molecule has 4 aliphatic heterocycles. The van der Waals surface area contributed by atoms with Crippen molar-refractivity contribution in [3.05, 3.63) is 22.0 Å². The molecule has 0 aromatic heterocycles. The monoisotopic (exact) mass is 656 g/mol. The maximum absolute atomic E-state index is 10.7. The highest BCUT2D eigenvalue weighted by atomic mass is 32.2. The Labute approximate surface area is 271 Å². The lowest BCUT2D eigenvalue weighted by molar-refractivity contribution is 0.0863. The average molecular weight is 657 g/mol. The van der Waals surface area contributed by atoms with Gasteiger partial charge in [0.1, 0.15) is 9.98 Å². The SMILES string of the molecule is CC(C)(CCC(O)CCC(O)CCC(C)(C)CN1C(=S)C=C2SCCC2C1=S)CN1C(=S)C=C2SCCC2C1=S. The second-order valence-electron chi connectivity index (χ2n) is 13.3. The summed E-state index contributed by atoms with van der Waals surface area (Å²) in [6.45, 7) is 10.5. The van der Waals surface area contributed by atoms with Gasteiger partial charge in [0.2, 0.25) is 0 Å². The fraction of sp³-hybridized carbons (Fsp3) is 0.733. The Morgan fingerprint density at radius 2 is 1.10 bits per heavy atom. The third-order valence-electron chi connectivity index (χ3n) is 8.54. The lowest BCUT2D eigenvalue weighted by Crippen LogP contribution is -2.46. The van der Waals surface area contributed by atoms with Gasteiger partial charge in [-0.1, -0.05) is 76.6 Å². The van der Waals surface area contributed by atoms with Gasteiger partial charge in [0.15, 0.2) is 0 Å². The van der Waals surface area contributed by atoms with E-state index < -0.39 is 12.2 Å². The molecule has 4 rings (SSSR count). The van der Waals surface area contributed by atoms with Gasteiger partial charge in [0.05, 0.1) is 22.2 Å². The summed E-state index contributed by atoms with van der Waals surface area (Å²) >= 11 is 26.8. The van der Waals surface area contributed by atoms with Gasteiger partial charge in [-0.2, -0.15) is 0 Å². The fourth-order valence-electron chi connectivity index (χ4n) is 5.96. The summed E-state index contributed by atoms with van der Waals surface area (Å²) in [5.41, 5.74) is -0.0604. The van der Waals surface area contributed by atoms with Crippen LogP contribution in [0.2, 0.25) is 0 Å². The molecule has 4 unspecified atom stereocenters. The number of nitrogens with zero attached hydrogens (tertiary/aromatic N) is 2. The summed E-state index contributed by atoms with van der Waals surface area (Å²) in [6.07, 6.45) is 10.0. The molecule has 222 valence electrons. The number of fused-ring (bicyclic) bond motifs is 2. The maximum atomic E-state index is 10.7. The first-order valence-electron chi connectivity index (χ1n) is 14.5. The first-order valence-corrected chi connectivity index (χ1v) is 18.1. The molecule has 0 radical (unpaired) electrons. The largest absolute Gasteiger partial charge is 0.393 e. The highest BCUT2D eigenvalue weighted by Gasteiger charge is 2.38. The fourth-order valence-corrected chi connectivity index (χ4v) is 10.2. The summed E-state index contributed by atoms with van der Waals surface area (Å²) in [6, 6.07) is 0. The van der Waals surface area contributed by atoms with Gasteiger partial charge in [-0.05, 0) is 95.7 Å². The maximum Gasteiger partial charge on any atom is 0.107 e. The molecule has 4 aliphatic rings. The van der Waals surface area contributed by atoms with Crippen molar-refractivity contribution in [3.63, 3.8) is 0 Å². The molecule has 10 heteroatoms.